The predicted octanol–water partition coefficient (Wildman–Crippen LogP) is 6.45. The highest BCUT2D eigenvalue weighted by molar-refractivity contribution is 5.95. The minimum Gasteiger partial charge on any atom is -0.497 e. The van der Waals surface area contributed by atoms with Gasteiger partial charge < -0.3 is 52.8 Å². The van der Waals surface area contributed by atoms with Gasteiger partial charge in [0, 0.05) is 76.4 Å². The Labute approximate surface area is 357 Å². The molecule has 4 amide bonds. The molecule has 4 aliphatic rings. The second-order valence-corrected chi connectivity index (χ2v) is 14.2. The fourth-order valence-electron chi connectivity index (χ4n) is 7.15. The monoisotopic (exact) mass is 840 g/mol. The Morgan fingerprint density at radius 1 is 0.459 bits per heavy atom. The van der Waals surface area contributed by atoms with Crippen LogP contribution in [-0.2, 0) is 36.9 Å². The Kier molecular flexibility index (Phi) is 16.2. The van der Waals surface area contributed by atoms with Gasteiger partial charge in [0.15, 0.2) is 0 Å². The number of carbonyl (C=O) groups excluding carboxylic acids is 4. The number of anilines is 4. The number of hydrogen-bond donors (Lipinski definition) is 0. The number of rotatable bonds is 4. The zero-order chi connectivity index (χ0) is 44.1. The molecule has 61 heavy (non-hydrogen) atoms. The lowest BCUT2D eigenvalue weighted by molar-refractivity contribution is -0.117. The van der Waals surface area contributed by atoms with Gasteiger partial charge in [-0.25, -0.2) is 0 Å². The molecule has 15 nitrogen and oxygen atoms in total. The van der Waals surface area contributed by atoms with Crippen LogP contribution in [-0.4, -0.2) is 98.1 Å². The molecular weight excluding hydrogens is 785 g/mol. The van der Waals surface area contributed by atoms with E-state index < -0.39 is 0 Å². The first-order valence-electron chi connectivity index (χ1n) is 20.0. The van der Waals surface area contributed by atoms with Crippen molar-refractivity contribution in [2.45, 2.75) is 47.1 Å². The zero-order valence-electron chi connectivity index (χ0n) is 36.3. The third kappa shape index (κ3) is 11.6. The maximum Gasteiger partial charge on any atom is 0.224 e. The SMILES string of the molecule is COc1ccc2c(c1)CCN2C(C)=O.COc1ccc2c(c1)COCCN2C(C)=O.COc1ccc2c(c1)OCCCN2C(C)=O.COc1ccc2c(c1)OCCN2C(C)=O. The van der Waals surface area contributed by atoms with Crippen LogP contribution in [0.15, 0.2) is 72.8 Å². The molecule has 0 fully saturated rings. The third-order valence-corrected chi connectivity index (χ3v) is 10.3. The fourth-order valence-corrected chi connectivity index (χ4v) is 7.15. The molecule has 0 aromatic heterocycles. The van der Waals surface area contributed by atoms with Gasteiger partial charge in [0.05, 0.1) is 66.2 Å². The highest BCUT2D eigenvalue weighted by Gasteiger charge is 2.24. The number of amides is 4. The standard InChI is InChI=1S/2C12H15NO3.C11H13NO3.C11H13NO2/c1-9(14)13-6-3-7-16-12-8-10(15-2)4-5-11(12)13;1-9(14)13-5-6-16-8-10-7-11(15-2)3-4-12(10)13;1-8(13)12-5-6-15-11-7-9(14-2)3-4-10(11)12;1-8(13)12-6-5-9-7-10(14-2)3-4-11(9)12/h4-5,8H,3,6-7H2,1-2H3;3-4,7H,5-6,8H2,1-2H3;3-4,7H,5-6H2,1-2H3;3-4,7H,5-6H2,1-2H3. The molecule has 4 aromatic carbocycles. The van der Waals surface area contributed by atoms with Crippen LogP contribution in [0.5, 0.6) is 34.5 Å². The molecule has 0 saturated heterocycles. The minimum atomic E-state index is 0.0321. The molecular formula is C46H56N4O11. The number of carbonyl (C=O) groups is 4. The van der Waals surface area contributed by atoms with Gasteiger partial charge >= 0.3 is 0 Å². The average molecular weight is 841 g/mol. The van der Waals surface area contributed by atoms with Gasteiger partial charge in [0.1, 0.15) is 41.1 Å². The van der Waals surface area contributed by atoms with E-state index in [2.05, 4.69) is 0 Å². The molecule has 326 valence electrons. The minimum absolute atomic E-state index is 0.0321. The summed E-state index contributed by atoms with van der Waals surface area (Å²) in [6.07, 6.45) is 1.77. The van der Waals surface area contributed by atoms with Gasteiger partial charge in [-0.3, -0.25) is 19.2 Å². The van der Waals surface area contributed by atoms with Crippen molar-refractivity contribution >= 4 is 46.4 Å². The Bertz CT molecular complexity index is 2100. The highest BCUT2D eigenvalue weighted by atomic mass is 16.5. The van der Waals surface area contributed by atoms with E-state index in [1.807, 2.05) is 66.7 Å². The van der Waals surface area contributed by atoms with Crippen molar-refractivity contribution in [3.05, 3.63) is 83.9 Å². The van der Waals surface area contributed by atoms with Gasteiger partial charge in [-0.1, -0.05) is 0 Å². The Balaban J connectivity index is 0.000000154. The summed E-state index contributed by atoms with van der Waals surface area (Å²) in [5.74, 6) is 4.75. The van der Waals surface area contributed by atoms with Gasteiger partial charge in [0.2, 0.25) is 23.6 Å². The molecule has 15 heteroatoms. The van der Waals surface area contributed by atoms with Crippen LogP contribution >= 0.6 is 0 Å². The number of benzene rings is 4. The summed E-state index contributed by atoms with van der Waals surface area (Å²) in [6, 6.07) is 22.5. The summed E-state index contributed by atoms with van der Waals surface area (Å²) in [4.78, 5) is 52.6. The van der Waals surface area contributed by atoms with Crippen LogP contribution in [0.4, 0.5) is 22.7 Å². The second-order valence-electron chi connectivity index (χ2n) is 14.2. The molecule has 0 unspecified atom stereocenters. The second kappa shape index (κ2) is 21.7. The van der Waals surface area contributed by atoms with E-state index in [9.17, 15) is 19.2 Å². The van der Waals surface area contributed by atoms with Crippen LogP contribution in [0.2, 0.25) is 0 Å². The number of methoxy groups -OCH3 is 4. The van der Waals surface area contributed by atoms with Crippen LogP contribution < -0.4 is 48.0 Å². The number of fused-ring (bicyclic) bond motifs is 4. The van der Waals surface area contributed by atoms with Crippen molar-refractivity contribution < 1.29 is 52.3 Å². The van der Waals surface area contributed by atoms with E-state index in [1.54, 1.807) is 81.8 Å². The first kappa shape index (κ1) is 45.6. The Morgan fingerprint density at radius 3 is 1.36 bits per heavy atom. The largest absolute Gasteiger partial charge is 0.497 e. The molecule has 0 atom stereocenters. The van der Waals surface area contributed by atoms with E-state index in [4.69, 9.17) is 33.2 Å². The fraction of sp³-hybridized carbons (Fsp3) is 0.391. The number of hydrogen-bond acceptors (Lipinski definition) is 11. The van der Waals surface area contributed by atoms with Crippen molar-refractivity contribution in [3.63, 3.8) is 0 Å². The van der Waals surface area contributed by atoms with Crippen LogP contribution in [0.1, 0.15) is 45.2 Å². The van der Waals surface area contributed by atoms with Crippen molar-refractivity contribution in [1.29, 1.82) is 0 Å². The van der Waals surface area contributed by atoms with E-state index >= 15 is 0 Å². The molecule has 0 saturated carbocycles. The summed E-state index contributed by atoms with van der Waals surface area (Å²) >= 11 is 0. The van der Waals surface area contributed by atoms with Crippen LogP contribution in [0.25, 0.3) is 0 Å². The van der Waals surface area contributed by atoms with Gasteiger partial charge in [-0.05, 0) is 79.1 Å². The zero-order valence-corrected chi connectivity index (χ0v) is 36.3. The molecule has 4 aromatic rings. The number of ether oxygens (including phenoxy) is 7. The van der Waals surface area contributed by atoms with E-state index in [1.165, 1.54) is 5.56 Å². The maximum atomic E-state index is 11.5. The van der Waals surface area contributed by atoms with Crippen molar-refractivity contribution in [3.8, 4) is 34.5 Å². The summed E-state index contributed by atoms with van der Waals surface area (Å²) in [6.45, 7) is 11.2. The molecule has 0 N–H and O–H groups in total. The Morgan fingerprint density at radius 2 is 0.852 bits per heavy atom. The first-order valence-corrected chi connectivity index (χ1v) is 20.0. The first-order chi connectivity index (χ1) is 29.4. The van der Waals surface area contributed by atoms with Crippen molar-refractivity contribution in [1.82, 2.24) is 0 Å². The van der Waals surface area contributed by atoms with E-state index in [-0.39, 0.29) is 23.6 Å². The summed E-state index contributed by atoms with van der Waals surface area (Å²) in [5.41, 5.74) is 5.77. The molecule has 0 aliphatic carbocycles. The smallest absolute Gasteiger partial charge is 0.224 e. The van der Waals surface area contributed by atoms with Crippen LogP contribution in [0, 0.1) is 0 Å². The van der Waals surface area contributed by atoms with Crippen molar-refractivity contribution in [2.75, 3.05) is 94.0 Å². The Hall–Kier alpha value is -6.48. The summed E-state index contributed by atoms with van der Waals surface area (Å²) in [5, 5.41) is 0. The molecule has 0 bridgehead atoms. The molecule has 0 spiro atoms. The van der Waals surface area contributed by atoms with Gasteiger partial charge in [-0.2, -0.15) is 0 Å². The summed E-state index contributed by atoms with van der Waals surface area (Å²) < 4.78 is 37.0. The molecule has 4 heterocycles. The maximum absolute atomic E-state index is 11.5. The van der Waals surface area contributed by atoms with Gasteiger partial charge in [-0.15, -0.1) is 0 Å². The lowest BCUT2D eigenvalue weighted by Crippen LogP contribution is -2.36. The third-order valence-electron chi connectivity index (χ3n) is 10.3. The van der Waals surface area contributed by atoms with Gasteiger partial charge in [0.25, 0.3) is 0 Å². The topological polar surface area (TPSA) is 146 Å². The average Bonchev–Trinajstić information content (AvgIpc) is 3.42. The summed E-state index contributed by atoms with van der Waals surface area (Å²) in [7, 11) is 6.50. The molecule has 4 aliphatic heterocycles. The molecule has 0 radical (unpaired) electrons. The van der Waals surface area contributed by atoms with E-state index in [0.717, 1.165) is 70.7 Å². The normalized spacial score (nSPS) is 14.6. The predicted molar refractivity (Wildman–Crippen MR) is 233 cm³/mol. The van der Waals surface area contributed by atoms with E-state index in [0.29, 0.717) is 57.6 Å². The number of nitrogens with zero attached hydrogens (tertiary/aromatic N) is 4. The van der Waals surface area contributed by atoms with Crippen LogP contribution in [0.3, 0.4) is 0 Å². The molecule has 8 rings (SSSR count). The van der Waals surface area contributed by atoms with Crippen molar-refractivity contribution in [2.24, 2.45) is 0 Å². The lowest BCUT2D eigenvalue weighted by Gasteiger charge is -2.28. The quantitative estimate of drug-likeness (QED) is 0.224. The lowest BCUT2D eigenvalue weighted by atomic mass is 10.1. The highest BCUT2D eigenvalue weighted by Crippen LogP contribution is 2.36.